The molecule has 2 atom stereocenters. The van der Waals surface area contributed by atoms with Crippen molar-refractivity contribution in [3.8, 4) is 11.3 Å². The molecule has 0 radical (unpaired) electrons. The average molecular weight is 603 g/mol. The van der Waals surface area contributed by atoms with Crippen LogP contribution in [0.4, 0.5) is 14.3 Å². The minimum absolute atomic E-state index is 0.0577. The molecule has 2 N–H and O–H groups in total. The smallest absolute Gasteiger partial charge is 0.412 e. The fourth-order valence-electron chi connectivity index (χ4n) is 4.55. The number of benzene rings is 3. The maximum absolute atomic E-state index is 13.6. The summed E-state index contributed by atoms with van der Waals surface area (Å²) >= 11 is 2.68. The molecule has 1 aliphatic heterocycles. The Morgan fingerprint density at radius 3 is 2.43 bits per heavy atom. The molecule has 2 heterocycles. The van der Waals surface area contributed by atoms with Gasteiger partial charge in [-0.25, -0.2) is 14.2 Å². The van der Waals surface area contributed by atoms with Crippen molar-refractivity contribution in [1.29, 1.82) is 0 Å². The lowest BCUT2D eigenvalue weighted by Gasteiger charge is -2.28. The zero-order valence-electron chi connectivity index (χ0n) is 22.4. The Hall–Kier alpha value is -4.22. The normalized spacial score (nSPS) is 18.0. The van der Waals surface area contributed by atoms with E-state index in [0.29, 0.717) is 27.7 Å². The first kappa shape index (κ1) is 27.9. The van der Waals surface area contributed by atoms with Crippen LogP contribution in [0.15, 0.2) is 84.2 Å². The number of ether oxygens (including phenoxy) is 1. The third-order valence-corrected chi connectivity index (χ3v) is 9.04. The molecule has 6 rings (SSSR count). The first-order chi connectivity index (χ1) is 20.4. The van der Waals surface area contributed by atoms with Gasteiger partial charge in [-0.15, -0.1) is 23.1 Å². The van der Waals surface area contributed by atoms with Gasteiger partial charge < -0.3 is 15.4 Å². The topological polar surface area (TPSA) is 101 Å². The van der Waals surface area contributed by atoms with Crippen molar-refractivity contribution in [2.24, 2.45) is 0 Å². The third-order valence-electron chi connectivity index (χ3n) is 6.96. The van der Waals surface area contributed by atoms with Gasteiger partial charge in [-0.1, -0.05) is 54.6 Å². The van der Waals surface area contributed by atoms with E-state index in [1.807, 2.05) is 47.8 Å². The number of carbonyl (C=O) groups is 3. The van der Waals surface area contributed by atoms with Crippen LogP contribution in [0.5, 0.6) is 0 Å². The Morgan fingerprint density at radius 2 is 1.71 bits per heavy atom. The van der Waals surface area contributed by atoms with Gasteiger partial charge in [0, 0.05) is 28.3 Å². The number of thiazole rings is 1. The second kappa shape index (κ2) is 12.3. The fourth-order valence-corrected chi connectivity index (χ4v) is 6.69. The summed E-state index contributed by atoms with van der Waals surface area (Å²) in [6.45, 7) is 0.0577. The highest BCUT2D eigenvalue weighted by Gasteiger charge is 2.43. The largest absolute Gasteiger partial charge is 0.444 e. The summed E-state index contributed by atoms with van der Waals surface area (Å²) in [5.74, 6) is -0.533. The lowest BCUT2D eigenvalue weighted by atomic mass is 10.1. The Morgan fingerprint density at radius 1 is 0.976 bits per heavy atom. The monoisotopic (exact) mass is 602 g/mol. The molecule has 8 nitrogen and oxygen atoms in total. The van der Waals surface area contributed by atoms with Gasteiger partial charge in [-0.2, -0.15) is 0 Å². The summed E-state index contributed by atoms with van der Waals surface area (Å²) in [5.41, 5.74) is 3.58. The number of halogens is 1. The van der Waals surface area contributed by atoms with Crippen molar-refractivity contribution in [1.82, 2.24) is 15.2 Å². The number of amides is 3. The quantitative estimate of drug-likeness (QED) is 0.248. The van der Waals surface area contributed by atoms with Crippen LogP contribution >= 0.6 is 23.1 Å². The van der Waals surface area contributed by atoms with Gasteiger partial charge in [0.2, 0.25) is 5.91 Å². The molecule has 0 spiro atoms. The molecule has 4 aromatic rings. The first-order valence-corrected chi connectivity index (χ1v) is 15.4. The van der Waals surface area contributed by atoms with Crippen LogP contribution in [-0.4, -0.2) is 45.6 Å². The average Bonchev–Trinajstić information content (AvgIpc) is 3.51. The van der Waals surface area contributed by atoms with E-state index in [1.165, 1.54) is 40.1 Å². The minimum Gasteiger partial charge on any atom is -0.444 e. The van der Waals surface area contributed by atoms with Crippen LogP contribution < -0.4 is 10.6 Å². The lowest BCUT2D eigenvalue weighted by molar-refractivity contribution is -0.120. The summed E-state index contributed by atoms with van der Waals surface area (Å²) in [5, 5.41) is 7.51. The highest BCUT2D eigenvalue weighted by Crippen LogP contribution is 2.42. The van der Waals surface area contributed by atoms with E-state index in [2.05, 4.69) is 15.6 Å². The van der Waals surface area contributed by atoms with Gasteiger partial charge >= 0.3 is 6.09 Å². The molecule has 3 amide bonds. The zero-order valence-corrected chi connectivity index (χ0v) is 24.0. The number of carbonyl (C=O) groups excluding carboxylic acids is 3. The van der Waals surface area contributed by atoms with Crippen LogP contribution in [0.3, 0.4) is 0 Å². The molecule has 11 heteroatoms. The number of hydrogen-bond acceptors (Lipinski definition) is 7. The van der Waals surface area contributed by atoms with Crippen LogP contribution in [0.1, 0.15) is 39.7 Å². The van der Waals surface area contributed by atoms with E-state index < -0.39 is 23.4 Å². The van der Waals surface area contributed by atoms with E-state index in [9.17, 15) is 18.8 Å². The molecule has 3 aromatic carbocycles. The van der Waals surface area contributed by atoms with Crippen molar-refractivity contribution in [3.05, 3.63) is 107 Å². The molecule has 2 aliphatic rings. The highest BCUT2D eigenvalue weighted by molar-refractivity contribution is 7.99. The highest BCUT2D eigenvalue weighted by atomic mass is 32.2. The molecule has 1 saturated carbocycles. The van der Waals surface area contributed by atoms with Gasteiger partial charge in [-0.05, 0) is 48.2 Å². The predicted molar refractivity (Wildman–Crippen MR) is 161 cm³/mol. The Labute approximate surface area is 250 Å². The molecular formula is C31H27FN4O4S2. The Kier molecular flexibility index (Phi) is 8.20. The molecule has 1 aliphatic carbocycles. The molecule has 2 unspecified atom stereocenters. The van der Waals surface area contributed by atoms with Gasteiger partial charge in [0.15, 0.2) is 5.13 Å². The molecule has 42 heavy (non-hydrogen) atoms. The molecule has 1 saturated heterocycles. The van der Waals surface area contributed by atoms with Crippen LogP contribution in [0.2, 0.25) is 0 Å². The van der Waals surface area contributed by atoms with Crippen LogP contribution in [0, 0.1) is 5.82 Å². The number of nitrogens with one attached hydrogen (secondary N) is 2. The van der Waals surface area contributed by atoms with Crippen molar-refractivity contribution in [2.75, 3.05) is 11.1 Å². The van der Waals surface area contributed by atoms with Gasteiger partial charge in [0.1, 0.15) is 23.8 Å². The molecular weight excluding hydrogens is 575 g/mol. The molecule has 0 bridgehead atoms. The SMILES string of the molecule is O=C(NC1CC1)c1ccc(-c2csc(NC(=O)C3CSC(c4ccc(F)cc4)N3C(=O)OCc3ccccc3)n2)cc1. The molecule has 214 valence electrons. The van der Waals surface area contributed by atoms with Crippen molar-refractivity contribution in [3.63, 3.8) is 0 Å². The predicted octanol–water partition coefficient (Wildman–Crippen LogP) is 6.23. The first-order valence-electron chi connectivity index (χ1n) is 13.5. The number of anilines is 1. The number of rotatable bonds is 8. The second-order valence-electron chi connectivity index (χ2n) is 10.1. The maximum atomic E-state index is 13.6. The maximum Gasteiger partial charge on any atom is 0.412 e. The summed E-state index contributed by atoms with van der Waals surface area (Å²) in [6.07, 6.45) is 1.41. The summed E-state index contributed by atoms with van der Waals surface area (Å²) in [7, 11) is 0. The van der Waals surface area contributed by atoms with E-state index >= 15 is 0 Å². The van der Waals surface area contributed by atoms with Gasteiger partial charge in [-0.3, -0.25) is 14.5 Å². The Bertz CT molecular complexity index is 1580. The third kappa shape index (κ3) is 6.47. The summed E-state index contributed by atoms with van der Waals surface area (Å²) in [4.78, 5) is 45.1. The van der Waals surface area contributed by atoms with Crippen molar-refractivity contribution >= 4 is 46.1 Å². The summed E-state index contributed by atoms with van der Waals surface area (Å²) in [6, 6.07) is 21.8. The summed E-state index contributed by atoms with van der Waals surface area (Å²) < 4.78 is 19.2. The van der Waals surface area contributed by atoms with Crippen LogP contribution in [-0.2, 0) is 16.1 Å². The minimum atomic E-state index is -0.829. The van der Waals surface area contributed by atoms with Gasteiger partial charge in [0.05, 0.1) is 5.69 Å². The van der Waals surface area contributed by atoms with Crippen molar-refractivity contribution in [2.45, 2.75) is 36.9 Å². The van der Waals surface area contributed by atoms with E-state index in [0.717, 1.165) is 24.0 Å². The van der Waals surface area contributed by atoms with E-state index in [-0.39, 0.29) is 24.4 Å². The number of thioether (sulfide) groups is 1. The zero-order chi connectivity index (χ0) is 29.1. The molecule has 2 fully saturated rings. The van der Waals surface area contributed by atoms with E-state index in [4.69, 9.17) is 4.74 Å². The lowest BCUT2D eigenvalue weighted by Crippen LogP contribution is -2.45. The van der Waals surface area contributed by atoms with Gasteiger partial charge in [0.25, 0.3) is 5.91 Å². The standard InChI is InChI=1S/C31H27FN4O4S2/c32-23-12-10-22(11-13-23)29-36(31(39)40-16-19-4-2-1-3-5-19)26(18-41-29)28(38)35-30-34-25(17-42-30)20-6-8-21(9-7-20)27(37)33-24-14-15-24/h1-13,17,24,26,29H,14-16,18H2,(H,33,37)(H,34,35,38). The fraction of sp³-hybridized carbons (Fsp3) is 0.226. The van der Waals surface area contributed by atoms with Crippen LogP contribution in [0.25, 0.3) is 11.3 Å². The molecule has 1 aromatic heterocycles. The van der Waals surface area contributed by atoms with E-state index in [1.54, 1.807) is 24.3 Å². The number of aromatic nitrogens is 1. The number of hydrogen-bond donors (Lipinski definition) is 2. The van der Waals surface area contributed by atoms with Crippen molar-refractivity contribution < 1.29 is 23.5 Å². The Balaban J connectivity index is 1.15. The number of nitrogens with zero attached hydrogens (tertiary/aromatic N) is 2. The second-order valence-corrected chi connectivity index (χ2v) is 12.0.